The Labute approximate surface area is 63.3 Å². The molecule has 0 atom stereocenters. The molecule has 0 unspecified atom stereocenters. The molecular weight excluding hydrogens is 207 g/mol. The number of rotatable bonds is 6. The van der Waals surface area contributed by atoms with E-state index in [0.717, 1.165) is 0 Å². The van der Waals surface area contributed by atoms with Crippen molar-refractivity contribution in [2.45, 2.75) is 0 Å². The van der Waals surface area contributed by atoms with Crippen molar-refractivity contribution in [1.82, 2.24) is 0 Å². The summed E-state index contributed by atoms with van der Waals surface area (Å²) in [6.45, 7) is -1.63. The molecule has 0 radical (unpaired) electrons. The molecule has 7 heteroatoms. The fourth-order valence-corrected chi connectivity index (χ4v) is 1.32. The third kappa shape index (κ3) is 5.13. The SMILES string of the molecule is OCO[As](OCO)OCO. The first-order valence-corrected chi connectivity index (χ1v) is 4.66. The topological polar surface area (TPSA) is 88.4 Å². The molecule has 62 valence electrons. The summed E-state index contributed by atoms with van der Waals surface area (Å²) in [5, 5.41) is 24.5. The van der Waals surface area contributed by atoms with Gasteiger partial charge in [0.2, 0.25) is 0 Å². The van der Waals surface area contributed by atoms with E-state index in [4.69, 9.17) is 15.3 Å². The van der Waals surface area contributed by atoms with Crippen LogP contribution in [0, 0.1) is 0 Å². The predicted molar refractivity (Wildman–Crippen MR) is 30.3 cm³/mol. The first-order valence-electron chi connectivity index (χ1n) is 2.36. The average molecular weight is 216 g/mol. The van der Waals surface area contributed by atoms with E-state index in [1.807, 2.05) is 0 Å². The maximum atomic E-state index is 8.18. The predicted octanol–water partition coefficient (Wildman–Crippen LogP) is -2.13. The molecule has 0 aromatic rings. The first-order chi connectivity index (χ1) is 4.85. The molecule has 10 heavy (non-hydrogen) atoms. The zero-order valence-corrected chi connectivity index (χ0v) is 7.01. The molecule has 3 N–H and O–H groups in total. The zero-order valence-electron chi connectivity index (χ0n) is 5.13. The summed E-state index contributed by atoms with van der Waals surface area (Å²) in [7, 11) is 0. The van der Waals surface area contributed by atoms with Crippen molar-refractivity contribution in [2.75, 3.05) is 20.4 Å². The van der Waals surface area contributed by atoms with Gasteiger partial charge in [-0.15, -0.1) is 0 Å². The number of aliphatic hydroxyl groups is 3. The molecule has 0 aromatic carbocycles. The first kappa shape index (κ1) is 10.3. The van der Waals surface area contributed by atoms with Gasteiger partial charge in [-0.1, -0.05) is 0 Å². The minimum atomic E-state index is -2.55. The van der Waals surface area contributed by atoms with E-state index in [-0.39, 0.29) is 0 Å². The van der Waals surface area contributed by atoms with Gasteiger partial charge in [-0.05, 0) is 0 Å². The number of aliphatic hydroxyl groups excluding tert-OH is 3. The van der Waals surface area contributed by atoms with E-state index < -0.39 is 36.1 Å². The van der Waals surface area contributed by atoms with Crippen molar-refractivity contribution < 1.29 is 26.5 Å². The van der Waals surface area contributed by atoms with Crippen molar-refractivity contribution in [1.29, 1.82) is 0 Å². The molecular formula is C3H9AsO6. The van der Waals surface area contributed by atoms with Gasteiger partial charge in [0.25, 0.3) is 0 Å². The summed E-state index contributed by atoms with van der Waals surface area (Å²) in [6.07, 6.45) is 0. The maximum absolute atomic E-state index is 8.18. The Morgan fingerprint density at radius 3 is 1.30 bits per heavy atom. The van der Waals surface area contributed by atoms with Crippen LogP contribution in [-0.2, 0) is 11.2 Å². The van der Waals surface area contributed by atoms with Gasteiger partial charge in [-0.3, -0.25) is 0 Å². The molecule has 0 aliphatic carbocycles. The molecule has 0 aromatic heterocycles. The molecule has 0 aliphatic rings. The summed E-state index contributed by atoms with van der Waals surface area (Å²) in [4.78, 5) is 0. The van der Waals surface area contributed by atoms with E-state index in [0.29, 0.717) is 0 Å². The van der Waals surface area contributed by atoms with Crippen LogP contribution in [0.25, 0.3) is 0 Å². The van der Waals surface area contributed by atoms with Gasteiger partial charge < -0.3 is 0 Å². The molecule has 0 heterocycles. The van der Waals surface area contributed by atoms with Crippen LogP contribution in [0.15, 0.2) is 0 Å². The fraction of sp³-hybridized carbons (Fsp3) is 1.00. The quantitative estimate of drug-likeness (QED) is 0.347. The Balaban J connectivity index is 3.30. The second kappa shape index (κ2) is 7.43. The molecule has 0 saturated heterocycles. The van der Waals surface area contributed by atoms with Crippen molar-refractivity contribution >= 4 is 15.7 Å². The number of hydrogen-bond acceptors (Lipinski definition) is 6. The minimum absolute atomic E-state index is 0.542. The third-order valence-corrected chi connectivity index (χ3v) is 2.54. The van der Waals surface area contributed by atoms with E-state index in [9.17, 15) is 0 Å². The van der Waals surface area contributed by atoms with Crippen LogP contribution in [0.3, 0.4) is 0 Å². The molecule has 0 fully saturated rings. The van der Waals surface area contributed by atoms with Crippen LogP contribution < -0.4 is 0 Å². The van der Waals surface area contributed by atoms with Crippen molar-refractivity contribution in [2.24, 2.45) is 0 Å². The van der Waals surface area contributed by atoms with Gasteiger partial charge in [0.15, 0.2) is 0 Å². The van der Waals surface area contributed by atoms with Crippen LogP contribution >= 0.6 is 0 Å². The molecule has 0 rings (SSSR count). The molecule has 0 amide bonds. The monoisotopic (exact) mass is 216 g/mol. The van der Waals surface area contributed by atoms with E-state index in [1.54, 1.807) is 0 Å². The summed E-state index contributed by atoms with van der Waals surface area (Å²) in [6, 6.07) is 0. The van der Waals surface area contributed by atoms with Crippen LogP contribution in [-0.4, -0.2) is 51.4 Å². The Hall–Kier alpha value is 0.318. The molecule has 6 nitrogen and oxygen atoms in total. The van der Waals surface area contributed by atoms with E-state index in [2.05, 4.69) is 11.2 Å². The van der Waals surface area contributed by atoms with Gasteiger partial charge in [-0.25, -0.2) is 0 Å². The fourth-order valence-electron chi connectivity index (χ4n) is 0.253. The molecule has 0 bridgehead atoms. The second-order valence-electron chi connectivity index (χ2n) is 0.998. The Bertz CT molecular complexity index is 55.7. The van der Waals surface area contributed by atoms with Crippen molar-refractivity contribution in [3.63, 3.8) is 0 Å². The van der Waals surface area contributed by atoms with Crippen LogP contribution in [0.2, 0.25) is 0 Å². The van der Waals surface area contributed by atoms with E-state index in [1.165, 1.54) is 0 Å². The van der Waals surface area contributed by atoms with Crippen LogP contribution in [0.1, 0.15) is 0 Å². The van der Waals surface area contributed by atoms with Gasteiger partial charge in [0.1, 0.15) is 0 Å². The summed E-state index contributed by atoms with van der Waals surface area (Å²) in [5.41, 5.74) is 0. The van der Waals surface area contributed by atoms with Gasteiger partial charge in [0.05, 0.1) is 0 Å². The van der Waals surface area contributed by atoms with Crippen LogP contribution in [0.5, 0.6) is 0 Å². The molecule has 0 aliphatic heterocycles. The Morgan fingerprint density at radius 2 is 1.10 bits per heavy atom. The second-order valence-corrected chi connectivity index (χ2v) is 3.56. The van der Waals surface area contributed by atoms with Crippen molar-refractivity contribution in [3.05, 3.63) is 0 Å². The van der Waals surface area contributed by atoms with Gasteiger partial charge in [0, 0.05) is 0 Å². The zero-order chi connectivity index (χ0) is 7.82. The van der Waals surface area contributed by atoms with Gasteiger partial charge >= 0.3 is 62.6 Å². The van der Waals surface area contributed by atoms with Crippen LogP contribution in [0.4, 0.5) is 0 Å². The summed E-state index contributed by atoms with van der Waals surface area (Å²) < 4.78 is 13.4. The van der Waals surface area contributed by atoms with E-state index >= 15 is 0 Å². The summed E-state index contributed by atoms with van der Waals surface area (Å²) >= 11 is -2.55. The normalized spacial score (nSPS) is 10.8. The average Bonchev–Trinajstić information content (AvgIpc) is 1.90. The standard InChI is InChI=1S/C3H9AsO6/c5-1-8-4(9-2-6)10-3-7/h5-7H,1-3H2. The Kier molecular flexibility index (Phi) is 7.66. The third-order valence-electron chi connectivity index (χ3n) is 0.489. The van der Waals surface area contributed by atoms with Crippen molar-refractivity contribution in [3.8, 4) is 0 Å². The van der Waals surface area contributed by atoms with Gasteiger partial charge in [-0.2, -0.15) is 0 Å². The Morgan fingerprint density at radius 1 is 0.800 bits per heavy atom. The molecule has 0 spiro atoms. The number of hydrogen-bond donors (Lipinski definition) is 3. The molecule has 0 saturated carbocycles. The summed E-state index contributed by atoms with van der Waals surface area (Å²) in [5.74, 6) is 0.